The Morgan fingerprint density at radius 2 is 1.54 bits per heavy atom. The zero-order valence-corrected chi connectivity index (χ0v) is 13.5. The van der Waals surface area contributed by atoms with Crippen molar-refractivity contribution in [1.82, 2.24) is 4.98 Å². The molecule has 0 bridgehead atoms. The molecule has 2 heterocycles. The van der Waals surface area contributed by atoms with E-state index in [2.05, 4.69) is 4.98 Å². The third kappa shape index (κ3) is 3.88. The number of pyridine rings is 2. The Morgan fingerprint density at radius 1 is 0.917 bits per heavy atom. The first-order chi connectivity index (χ1) is 11.1. The van der Waals surface area contributed by atoms with Crippen molar-refractivity contribution in [3.63, 3.8) is 0 Å². The molecule has 0 fully saturated rings. The molecule has 0 amide bonds. The van der Waals surface area contributed by atoms with Gasteiger partial charge in [0.25, 0.3) is 0 Å². The van der Waals surface area contributed by atoms with Crippen LogP contribution in [0.2, 0.25) is 0 Å². The van der Waals surface area contributed by atoms with E-state index in [1.807, 2.05) is 36.7 Å². The molecule has 24 heavy (non-hydrogen) atoms. The van der Waals surface area contributed by atoms with Crippen molar-refractivity contribution in [1.29, 1.82) is 0 Å². The largest absolute Gasteiger partial charge is 0.504 e. The molecule has 1 aromatic carbocycles. The van der Waals surface area contributed by atoms with Crippen LogP contribution < -0.4 is 4.57 Å². The summed E-state index contributed by atoms with van der Waals surface area (Å²) in [4.78, 5) is 16.2. The van der Waals surface area contributed by atoms with E-state index in [-0.39, 0.29) is 36.2 Å². The number of benzene rings is 1. The van der Waals surface area contributed by atoms with Crippen LogP contribution >= 0.6 is 12.4 Å². The predicted octanol–water partition coefficient (Wildman–Crippen LogP) is 2.75. The van der Waals surface area contributed by atoms with Gasteiger partial charge in [-0.05, 0) is 41.5 Å². The third-order valence-electron chi connectivity index (χ3n) is 3.53. The fourth-order valence-corrected chi connectivity index (χ4v) is 2.25. The molecule has 2 N–H and O–H groups in total. The summed E-state index contributed by atoms with van der Waals surface area (Å²) in [5.41, 5.74) is 2.45. The molecule has 0 saturated heterocycles. The van der Waals surface area contributed by atoms with Crippen molar-refractivity contribution in [2.24, 2.45) is 0 Å². The number of phenols is 2. The Kier molecular flexibility index (Phi) is 5.50. The average Bonchev–Trinajstić information content (AvgIpc) is 2.59. The topological polar surface area (TPSA) is 74.3 Å². The molecule has 0 unspecified atom stereocenters. The first-order valence-corrected chi connectivity index (χ1v) is 7.08. The summed E-state index contributed by atoms with van der Waals surface area (Å²) in [7, 11) is 0. The first-order valence-electron chi connectivity index (χ1n) is 7.08. The van der Waals surface area contributed by atoms with Crippen LogP contribution in [0.4, 0.5) is 0 Å². The van der Waals surface area contributed by atoms with E-state index in [9.17, 15) is 15.0 Å². The van der Waals surface area contributed by atoms with Crippen LogP contribution in [0.3, 0.4) is 0 Å². The number of ketones is 1. The Labute approximate surface area is 145 Å². The number of aromatic hydroxyl groups is 2. The van der Waals surface area contributed by atoms with Gasteiger partial charge in [-0.25, -0.2) is 0 Å². The average molecular weight is 344 g/mol. The summed E-state index contributed by atoms with van der Waals surface area (Å²) in [6.45, 7) is 0.154. The number of carbonyl (C=O) groups is 1. The van der Waals surface area contributed by atoms with Crippen LogP contribution in [0, 0.1) is 0 Å². The highest BCUT2D eigenvalue weighted by atomic mass is 35.5. The molecule has 3 rings (SSSR count). The minimum absolute atomic E-state index is 0. The molecule has 5 nitrogen and oxygen atoms in total. The zero-order chi connectivity index (χ0) is 16.2. The molecule has 0 spiro atoms. The number of phenolic OH excluding ortho intramolecular Hbond substituents is 2. The fourth-order valence-electron chi connectivity index (χ4n) is 2.25. The number of hydrogen-bond acceptors (Lipinski definition) is 4. The van der Waals surface area contributed by atoms with E-state index in [0.29, 0.717) is 5.56 Å². The molecular formula is C18H16ClN2O3+. The van der Waals surface area contributed by atoms with E-state index in [1.165, 1.54) is 18.2 Å². The smallest absolute Gasteiger partial charge is 0.227 e. The lowest BCUT2D eigenvalue weighted by Gasteiger charge is -2.02. The summed E-state index contributed by atoms with van der Waals surface area (Å²) in [6.07, 6.45) is 7.12. The second-order valence-electron chi connectivity index (χ2n) is 5.12. The molecular weight excluding hydrogens is 328 g/mol. The summed E-state index contributed by atoms with van der Waals surface area (Å²) in [6, 6.07) is 11.8. The fraction of sp³-hybridized carbons (Fsp3) is 0.0556. The lowest BCUT2D eigenvalue weighted by Crippen LogP contribution is -2.37. The van der Waals surface area contributed by atoms with E-state index < -0.39 is 0 Å². The number of rotatable bonds is 4. The van der Waals surface area contributed by atoms with Crippen LogP contribution in [0.25, 0.3) is 11.1 Å². The van der Waals surface area contributed by atoms with Gasteiger partial charge in [0.1, 0.15) is 0 Å². The summed E-state index contributed by atoms with van der Waals surface area (Å²) >= 11 is 0. The van der Waals surface area contributed by atoms with Crippen molar-refractivity contribution in [2.75, 3.05) is 0 Å². The van der Waals surface area contributed by atoms with Gasteiger partial charge in [0.15, 0.2) is 23.9 Å². The number of carbonyl (C=O) groups excluding carboxylic acids is 1. The van der Waals surface area contributed by atoms with Crippen molar-refractivity contribution in [3.05, 3.63) is 72.8 Å². The van der Waals surface area contributed by atoms with Gasteiger partial charge in [-0.3, -0.25) is 9.78 Å². The minimum atomic E-state index is -0.297. The molecule has 0 aliphatic heterocycles. The molecule has 0 aliphatic rings. The van der Waals surface area contributed by atoms with Crippen LogP contribution in [0.15, 0.2) is 67.3 Å². The van der Waals surface area contributed by atoms with Crippen molar-refractivity contribution in [3.8, 4) is 22.6 Å². The van der Waals surface area contributed by atoms with E-state index in [4.69, 9.17) is 0 Å². The second kappa shape index (κ2) is 7.57. The molecule has 3 aromatic rings. The first kappa shape index (κ1) is 17.4. The Hall–Kier alpha value is -2.92. The molecule has 0 radical (unpaired) electrons. The summed E-state index contributed by atoms with van der Waals surface area (Å²) < 4.78 is 1.76. The highest BCUT2D eigenvalue weighted by molar-refractivity contribution is 5.95. The molecule has 0 atom stereocenters. The SMILES string of the molecule is Cl.O=C(C[n+]1ccc(-c2ccncc2)cc1)c1ccc(O)c(O)c1. The number of aromatic nitrogens is 2. The lowest BCUT2D eigenvalue weighted by atomic mass is 10.1. The summed E-state index contributed by atoms with van der Waals surface area (Å²) in [5.74, 6) is -0.688. The van der Waals surface area contributed by atoms with Crippen LogP contribution in [0.1, 0.15) is 10.4 Å². The van der Waals surface area contributed by atoms with Gasteiger partial charge in [-0.15, -0.1) is 12.4 Å². The van der Waals surface area contributed by atoms with Crippen LogP contribution in [-0.2, 0) is 6.54 Å². The number of hydrogen-bond donors (Lipinski definition) is 2. The van der Waals surface area contributed by atoms with Gasteiger partial charge in [-0.1, -0.05) is 0 Å². The maximum Gasteiger partial charge on any atom is 0.227 e. The highest BCUT2D eigenvalue weighted by Gasteiger charge is 2.14. The van der Waals surface area contributed by atoms with E-state index >= 15 is 0 Å². The third-order valence-corrected chi connectivity index (χ3v) is 3.53. The standard InChI is InChI=1S/C18H14N2O3.ClH/c21-16-2-1-15(11-17(16)22)18(23)12-20-9-5-14(6-10-20)13-3-7-19-8-4-13;/h1-11,19H,12H2;1H/p+1. The number of halogens is 1. The van der Waals surface area contributed by atoms with Crippen molar-refractivity contribution < 1.29 is 19.6 Å². The second-order valence-corrected chi connectivity index (χ2v) is 5.12. The van der Waals surface area contributed by atoms with E-state index in [0.717, 1.165) is 11.1 Å². The highest BCUT2D eigenvalue weighted by Crippen LogP contribution is 2.25. The molecule has 122 valence electrons. The van der Waals surface area contributed by atoms with Crippen LogP contribution in [-0.4, -0.2) is 21.0 Å². The van der Waals surface area contributed by atoms with Gasteiger partial charge in [0, 0.05) is 30.1 Å². The quantitative estimate of drug-likeness (QED) is 0.434. The van der Waals surface area contributed by atoms with Crippen molar-refractivity contribution in [2.45, 2.75) is 6.54 Å². The van der Waals surface area contributed by atoms with Gasteiger partial charge < -0.3 is 10.2 Å². The number of nitrogens with zero attached hydrogens (tertiary/aromatic N) is 2. The number of Topliss-reactive ketones (excluding diaryl/α,β-unsaturated/α-hetero) is 1. The van der Waals surface area contributed by atoms with Crippen LogP contribution in [0.5, 0.6) is 11.5 Å². The Balaban J connectivity index is 0.00000208. The lowest BCUT2D eigenvalue weighted by molar-refractivity contribution is -0.683. The maximum atomic E-state index is 12.2. The molecule has 2 aromatic heterocycles. The normalized spacial score (nSPS) is 10.0. The Morgan fingerprint density at radius 3 is 2.17 bits per heavy atom. The summed E-state index contributed by atoms with van der Waals surface area (Å²) in [5, 5.41) is 18.7. The minimum Gasteiger partial charge on any atom is -0.504 e. The van der Waals surface area contributed by atoms with Gasteiger partial charge in [-0.2, -0.15) is 4.57 Å². The molecule has 0 aliphatic carbocycles. The molecule has 6 heteroatoms. The van der Waals surface area contributed by atoms with Gasteiger partial charge >= 0.3 is 0 Å². The van der Waals surface area contributed by atoms with Gasteiger partial charge in [0.2, 0.25) is 12.3 Å². The zero-order valence-electron chi connectivity index (χ0n) is 12.7. The van der Waals surface area contributed by atoms with Gasteiger partial charge in [0.05, 0.1) is 0 Å². The van der Waals surface area contributed by atoms with Crippen molar-refractivity contribution >= 4 is 18.2 Å². The Bertz CT molecular complexity index is 837. The molecule has 0 saturated carbocycles. The monoisotopic (exact) mass is 343 g/mol. The van der Waals surface area contributed by atoms with E-state index in [1.54, 1.807) is 17.0 Å². The maximum absolute atomic E-state index is 12.2. The predicted molar refractivity (Wildman–Crippen MR) is 91.2 cm³/mol.